The Kier molecular flexibility index (Phi) is 62.2. The molecule has 0 bridgehead atoms. The third kappa shape index (κ3) is 63.3. The van der Waals surface area contributed by atoms with Crippen molar-refractivity contribution in [1.29, 1.82) is 0 Å². The maximum atomic E-state index is 12.8. The predicted octanol–water partition coefficient (Wildman–Crippen LogP) is 22.7. The molecule has 0 rings (SSSR count). The Morgan fingerprint density at radius 2 is 0.532 bits per heavy atom. The largest absolute Gasteiger partial charge is 0.462 e. The Morgan fingerprint density at radius 1 is 0.273 bits per heavy atom. The molecule has 0 amide bonds. The van der Waals surface area contributed by atoms with E-state index in [0.29, 0.717) is 19.3 Å². The first kappa shape index (κ1) is 73.6. The van der Waals surface area contributed by atoms with Gasteiger partial charge in [-0.15, -0.1) is 0 Å². The fourth-order valence-corrected chi connectivity index (χ4v) is 9.47. The summed E-state index contributed by atoms with van der Waals surface area (Å²) in [7, 11) is 0. The average Bonchev–Trinajstić information content (AvgIpc) is 3.43. The minimum atomic E-state index is -0.813. The fourth-order valence-electron chi connectivity index (χ4n) is 9.47. The van der Waals surface area contributed by atoms with Gasteiger partial charge in [0.25, 0.3) is 0 Å². The Bertz CT molecular complexity index is 1470. The lowest BCUT2D eigenvalue weighted by Crippen LogP contribution is -2.30. The van der Waals surface area contributed by atoms with E-state index < -0.39 is 6.10 Å². The third-order valence-corrected chi connectivity index (χ3v) is 14.4. The number of hydrogen-bond acceptors (Lipinski definition) is 6. The summed E-state index contributed by atoms with van der Waals surface area (Å²) in [5.74, 6) is -0.985. The summed E-state index contributed by atoms with van der Waals surface area (Å²) in [6.07, 6.45) is 86.6. The highest BCUT2D eigenvalue weighted by atomic mass is 16.6. The zero-order valence-electron chi connectivity index (χ0n) is 51.0. The Hall–Kier alpha value is -3.41. The third-order valence-electron chi connectivity index (χ3n) is 14.4. The van der Waals surface area contributed by atoms with Gasteiger partial charge >= 0.3 is 17.9 Å². The fraction of sp³-hybridized carbons (Fsp3) is 0.761. The lowest BCUT2D eigenvalue weighted by atomic mass is 10.0. The van der Waals surface area contributed by atoms with Crippen molar-refractivity contribution in [3.63, 3.8) is 0 Å². The highest BCUT2D eigenvalue weighted by Gasteiger charge is 2.19. The lowest BCUT2D eigenvalue weighted by Gasteiger charge is -2.18. The van der Waals surface area contributed by atoms with Crippen LogP contribution in [-0.4, -0.2) is 37.2 Å². The second-order valence-corrected chi connectivity index (χ2v) is 22.0. The van der Waals surface area contributed by atoms with Crippen LogP contribution in [0.25, 0.3) is 0 Å². The van der Waals surface area contributed by atoms with Gasteiger partial charge in [0.1, 0.15) is 13.2 Å². The van der Waals surface area contributed by atoms with E-state index in [9.17, 15) is 14.4 Å². The molecule has 1 unspecified atom stereocenters. The molecule has 0 N–H and O–H groups in total. The molecule has 0 aromatic heterocycles. The van der Waals surface area contributed by atoms with Crippen LogP contribution < -0.4 is 0 Å². The number of esters is 3. The molecule has 6 nitrogen and oxygen atoms in total. The molecule has 0 saturated carbocycles. The van der Waals surface area contributed by atoms with Gasteiger partial charge in [-0.3, -0.25) is 14.4 Å². The molecule has 0 aliphatic rings. The van der Waals surface area contributed by atoms with Crippen molar-refractivity contribution >= 4 is 17.9 Å². The molecule has 0 radical (unpaired) electrons. The lowest BCUT2D eigenvalue weighted by molar-refractivity contribution is -0.166. The van der Waals surface area contributed by atoms with Gasteiger partial charge < -0.3 is 14.2 Å². The van der Waals surface area contributed by atoms with Crippen LogP contribution in [0.2, 0.25) is 0 Å². The molecule has 0 saturated heterocycles. The molecule has 1 atom stereocenters. The van der Waals surface area contributed by atoms with Crippen LogP contribution in [0.15, 0.2) is 85.1 Å². The average molecular weight is 1070 g/mol. The smallest absolute Gasteiger partial charge is 0.306 e. The van der Waals surface area contributed by atoms with Crippen molar-refractivity contribution in [3.05, 3.63) is 85.1 Å². The van der Waals surface area contributed by atoms with Crippen molar-refractivity contribution in [2.75, 3.05) is 13.2 Å². The van der Waals surface area contributed by atoms with E-state index in [-0.39, 0.29) is 37.5 Å². The minimum Gasteiger partial charge on any atom is -0.462 e. The van der Waals surface area contributed by atoms with Crippen molar-refractivity contribution in [1.82, 2.24) is 0 Å². The predicted molar refractivity (Wildman–Crippen MR) is 334 cm³/mol. The van der Waals surface area contributed by atoms with Crippen molar-refractivity contribution in [2.24, 2.45) is 0 Å². The maximum absolute atomic E-state index is 12.8. The summed E-state index contributed by atoms with van der Waals surface area (Å²) in [5, 5.41) is 0. The van der Waals surface area contributed by atoms with Gasteiger partial charge in [-0.2, -0.15) is 0 Å². The summed E-state index contributed by atoms with van der Waals surface area (Å²) < 4.78 is 16.7. The maximum Gasteiger partial charge on any atom is 0.306 e. The van der Waals surface area contributed by atoms with Gasteiger partial charge in [0.2, 0.25) is 0 Å². The normalized spacial score (nSPS) is 12.6. The van der Waals surface area contributed by atoms with E-state index in [0.717, 1.165) is 77.0 Å². The van der Waals surface area contributed by atoms with E-state index in [1.165, 1.54) is 205 Å². The van der Waals surface area contributed by atoms with E-state index in [1.54, 1.807) is 0 Å². The van der Waals surface area contributed by atoms with Crippen molar-refractivity contribution in [3.8, 4) is 0 Å². The van der Waals surface area contributed by atoms with Crippen LogP contribution in [0.1, 0.15) is 329 Å². The van der Waals surface area contributed by atoms with Crippen LogP contribution in [0.5, 0.6) is 0 Å². The van der Waals surface area contributed by atoms with Crippen LogP contribution in [0, 0.1) is 0 Å². The number of hydrogen-bond donors (Lipinski definition) is 0. The minimum absolute atomic E-state index is 0.104. The van der Waals surface area contributed by atoms with Crippen molar-refractivity contribution < 1.29 is 28.6 Å². The van der Waals surface area contributed by atoms with Gasteiger partial charge in [-0.05, 0) is 83.5 Å². The SMILES string of the molecule is CC/C=C\C/C=C\C/C=C\C/C=C\C/C=C\C/C=C\CCC(=O)OC(COC(=O)CCCCCCCCC)COC(=O)CCCCCCCCCCCCCCCCCCCCCCC/C=C\CCCCCCCCCC. The second kappa shape index (κ2) is 65.1. The first-order chi connectivity index (χ1) is 38.0. The molecular weight excluding hydrogens is 949 g/mol. The van der Waals surface area contributed by atoms with Crippen molar-refractivity contribution in [2.45, 2.75) is 335 Å². The molecule has 0 fully saturated rings. The summed E-state index contributed by atoms with van der Waals surface area (Å²) in [4.78, 5) is 38.0. The van der Waals surface area contributed by atoms with Crippen LogP contribution >= 0.6 is 0 Å². The monoisotopic (exact) mass is 1070 g/mol. The number of carbonyl (C=O) groups excluding carboxylic acids is 3. The molecule has 0 aromatic carbocycles. The molecular formula is C71H124O6. The summed E-state index contributed by atoms with van der Waals surface area (Å²) in [6, 6.07) is 0. The number of unbranched alkanes of at least 4 members (excludes halogenated alkanes) is 35. The molecule has 6 heteroatoms. The van der Waals surface area contributed by atoms with Gasteiger partial charge in [0, 0.05) is 19.3 Å². The number of carbonyl (C=O) groups is 3. The summed E-state index contributed by atoms with van der Waals surface area (Å²) >= 11 is 0. The summed E-state index contributed by atoms with van der Waals surface area (Å²) in [5.41, 5.74) is 0. The molecule has 0 aliphatic carbocycles. The Labute approximate surface area is 477 Å². The van der Waals surface area contributed by atoms with E-state index in [1.807, 2.05) is 6.08 Å². The standard InChI is InChI=1S/C71H124O6/c1-4-7-10-13-16-18-20-22-24-26-28-29-30-31-32-33-34-35-36-37-38-39-40-41-43-44-46-48-50-52-55-58-61-64-70(73)76-67-68(66-75-69(72)63-60-57-54-15-12-9-6-3)77-71(74)65-62-59-56-53-51-49-47-45-42-27-25-23-21-19-17-14-11-8-5-2/h8,11,17,19,23,25-26,28,42,45,49,51,56,59,68H,4-7,9-10,12-16,18,20-22,24,27,29-41,43-44,46-48,50,52-55,57-58,60-67H2,1-3H3/b11-8-,19-17-,25-23-,28-26-,45-42-,51-49-,59-56-. The van der Waals surface area contributed by atoms with Gasteiger partial charge in [-0.1, -0.05) is 311 Å². The second-order valence-electron chi connectivity index (χ2n) is 22.0. The molecule has 0 aromatic rings. The van der Waals surface area contributed by atoms with Crippen LogP contribution in [-0.2, 0) is 28.6 Å². The Morgan fingerprint density at radius 3 is 0.844 bits per heavy atom. The zero-order valence-corrected chi connectivity index (χ0v) is 51.0. The van der Waals surface area contributed by atoms with E-state index in [2.05, 4.69) is 99.8 Å². The number of allylic oxidation sites excluding steroid dienone is 14. The van der Waals surface area contributed by atoms with Crippen LogP contribution in [0.4, 0.5) is 0 Å². The quantitative estimate of drug-likeness (QED) is 0.0261. The molecule has 444 valence electrons. The van der Waals surface area contributed by atoms with E-state index in [4.69, 9.17) is 14.2 Å². The molecule has 0 heterocycles. The van der Waals surface area contributed by atoms with Crippen LogP contribution in [0.3, 0.4) is 0 Å². The highest BCUT2D eigenvalue weighted by Crippen LogP contribution is 2.17. The number of ether oxygens (including phenoxy) is 3. The Balaban J connectivity index is 4.06. The zero-order chi connectivity index (χ0) is 55.7. The van der Waals surface area contributed by atoms with E-state index >= 15 is 0 Å². The van der Waals surface area contributed by atoms with Gasteiger partial charge in [-0.25, -0.2) is 0 Å². The number of rotatable bonds is 60. The molecule has 0 aliphatic heterocycles. The van der Waals surface area contributed by atoms with Gasteiger partial charge in [0.05, 0.1) is 0 Å². The topological polar surface area (TPSA) is 78.9 Å². The summed E-state index contributed by atoms with van der Waals surface area (Å²) in [6.45, 7) is 6.45. The first-order valence-electron chi connectivity index (χ1n) is 33.1. The van der Waals surface area contributed by atoms with Gasteiger partial charge in [0.15, 0.2) is 6.10 Å². The first-order valence-corrected chi connectivity index (χ1v) is 33.1. The highest BCUT2D eigenvalue weighted by molar-refractivity contribution is 5.71. The molecule has 0 spiro atoms. The molecule has 77 heavy (non-hydrogen) atoms.